The van der Waals surface area contributed by atoms with Crippen LogP contribution in [0.4, 0.5) is 11.8 Å². The number of pyridine rings is 1. The first kappa shape index (κ1) is 24.1. The summed E-state index contributed by atoms with van der Waals surface area (Å²) in [6.07, 6.45) is 1.61. The zero-order valence-electron chi connectivity index (χ0n) is 18.4. The second-order valence-electron chi connectivity index (χ2n) is 7.08. The summed E-state index contributed by atoms with van der Waals surface area (Å²) in [5.74, 6) is 1.33. The number of halogens is 2. The maximum Gasteiger partial charge on any atom is 0.220 e. The SMILES string of the molecule is COc1cc(OC)c(Cl)c(-c2cc3cnc(N)nc3c([N-]CCOCCN(C)C)n2)c1Cl. The van der Waals surface area contributed by atoms with Gasteiger partial charge in [0.25, 0.3) is 0 Å². The third-order valence-corrected chi connectivity index (χ3v) is 5.33. The molecule has 32 heavy (non-hydrogen) atoms. The quantitative estimate of drug-likeness (QED) is 0.431. The Hall–Kier alpha value is -2.59. The highest BCUT2D eigenvalue weighted by Gasteiger charge is 2.18. The Morgan fingerprint density at radius 1 is 1.03 bits per heavy atom. The molecule has 0 saturated heterocycles. The van der Waals surface area contributed by atoms with Crippen molar-refractivity contribution in [2.45, 2.75) is 0 Å². The van der Waals surface area contributed by atoms with E-state index < -0.39 is 0 Å². The fourth-order valence-corrected chi connectivity index (χ4v) is 3.64. The Bertz CT molecular complexity index is 1070. The Balaban J connectivity index is 2.00. The zero-order chi connectivity index (χ0) is 23.3. The summed E-state index contributed by atoms with van der Waals surface area (Å²) in [4.78, 5) is 15.1. The van der Waals surface area contributed by atoms with Gasteiger partial charge in [-0.25, -0.2) is 9.97 Å². The molecule has 0 unspecified atom stereocenters. The van der Waals surface area contributed by atoms with Crippen molar-refractivity contribution in [1.82, 2.24) is 19.9 Å². The Morgan fingerprint density at radius 3 is 2.34 bits per heavy atom. The number of fused-ring (bicyclic) bond motifs is 1. The Kier molecular flexibility index (Phi) is 8.14. The van der Waals surface area contributed by atoms with Crippen molar-refractivity contribution in [1.29, 1.82) is 0 Å². The van der Waals surface area contributed by atoms with Gasteiger partial charge < -0.3 is 35.1 Å². The Morgan fingerprint density at radius 2 is 1.72 bits per heavy atom. The molecule has 0 aliphatic rings. The van der Waals surface area contributed by atoms with E-state index in [4.69, 9.17) is 43.1 Å². The number of hydrogen-bond acceptors (Lipinski definition) is 8. The van der Waals surface area contributed by atoms with Gasteiger partial charge in [-0.1, -0.05) is 23.2 Å². The van der Waals surface area contributed by atoms with Crippen LogP contribution in [0.2, 0.25) is 10.0 Å². The van der Waals surface area contributed by atoms with Crippen molar-refractivity contribution in [3.63, 3.8) is 0 Å². The van der Waals surface area contributed by atoms with E-state index in [0.29, 0.717) is 69.3 Å². The molecule has 172 valence electrons. The van der Waals surface area contributed by atoms with Gasteiger partial charge in [0.05, 0.1) is 36.4 Å². The van der Waals surface area contributed by atoms with Crippen LogP contribution < -0.4 is 15.2 Å². The molecule has 0 spiro atoms. The van der Waals surface area contributed by atoms with Crippen molar-refractivity contribution >= 4 is 45.9 Å². The fourth-order valence-electron chi connectivity index (χ4n) is 2.95. The van der Waals surface area contributed by atoms with Gasteiger partial charge in [-0.3, -0.25) is 0 Å². The summed E-state index contributed by atoms with van der Waals surface area (Å²) in [5, 5.41) is 5.87. The predicted molar refractivity (Wildman–Crippen MR) is 128 cm³/mol. The van der Waals surface area contributed by atoms with Crippen LogP contribution in [-0.2, 0) is 4.74 Å². The average Bonchev–Trinajstić information content (AvgIpc) is 2.76. The molecule has 0 amide bonds. The van der Waals surface area contributed by atoms with Gasteiger partial charge >= 0.3 is 0 Å². The number of rotatable bonds is 10. The molecule has 0 bridgehead atoms. The maximum absolute atomic E-state index is 6.58. The van der Waals surface area contributed by atoms with E-state index in [1.165, 1.54) is 14.2 Å². The van der Waals surface area contributed by atoms with Crippen LogP contribution in [0.1, 0.15) is 0 Å². The number of nitrogen functional groups attached to an aromatic ring is 1. The van der Waals surface area contributed by atoms with Gasteiger partial charge in [-0.15, -0.1) is 0 Å². The van der Waals surface area contributed by atoms with Crippen molar-refractivity contribution < 1.29 is 14.2 Å². The molecule has 9 nitrogen and oxygen atoms in total. The number of nitrogens with two attached hydrogens (primary N) is 1. The molecule has 2 N–H and O–H groups in total. The predicted octanol–water partition coefficient (Wildman–Crippen LogP) is 4.18. The van der Waals surface area contributed by atoms with E-state index in [0.717, 1.165) is 6.54 Å². The van der Waals surface area contributed by atoms with Gasteiger partial charge in [0.15, 0.2) is 0 Å². The van der Waals surface area contributed by atoms with E-state index >= 15 is 0 Å². The molecule has 1 aromatic carbocycles. The van der Waals surface area contributed by atoms with Crippen molar-refractivity contribution in [3.05, 3.63) is 33.7 Å². The largest absolute Gasteiger partial charge is 0.495 e. The molecule has 0 aliphatic heterocycles. The molecule has 0 saturated carbocycles. The topological polar surface area (TPSA) is 110 Å². The van der Waals surface area contributed by atoms with Crippen LogP contribution in [0, 0.1) is 0 Å². The Labute approximate surface area is 196 Å². The van der Waals surface area contributed by atoms with Crippen molar-refractivity contribution in [2.24, 2.45) is 0 Å². The van der Waals surface area contributed by atoms with E-state index in [9.17, 15) is 0 Å². The van der Waals surface area contributed by atoms with Crippen LogP contribution in [0.25, 0.3) is 27.5 Å². The van der Waals surface area contributed by atoms with Crippen molar-refractivity contribution in [3.8, 4) is 22.8 Å². The lowest BCUT2D eigenvalue weighted by atomic mass is 10.1. The highest BCUT2D eigenvalue weighted by Crippen LogP contribution is 2.46. The number of likely N-dealkylation sites (N-methyl/N-ethyl adjacent to an activating group) is 1. The van der Waals surface area contributed by atoms with Gasteiger partial charge in [-0.05, 0) is 38.2 Å². The molecular weight excluding hydrogens is 455 g/mol. The number of benzene rings is 1. The van der Waals surface area contributed by atoms with Crippen LogP contribution in [0.3, 0.4) is 0 Å². The minimum Gasteiger partial charge on any atom is -0.495 e. The number of methoxy groups -OCH3 is 2. The fraction of sp³-hybridized carbons (Fsp3) is 0.381. The minimum absolute atomic E-state index is 0.129. The molecule has 0 atom stereocenters. The standard InChI is InChI=1S/C21H25Cl2N6O3/c1-29(2)6-8-32-7-5-25-20-19-12(11-26-21(24)28-19)9-13(27-20)16-17(22)14(30-3)10-15(31-4)18(16)23/h9-11H,5-8H2,1-4H3,(H2-,24,25,26,27,28)/q-1. The smallest absolute Gasteiger partial charge is 0.220 e. The van der Waals surface area contributed by atoms with Gasteiger partial charge in [0.1, 0.15) is 11.5 Å². The first-order valence-corrected chi connectivity index (χ1v) is 10.5. The third-order valence-electron chi connectivity index (χ3n) is 4.58. The molecule has 2 aromatic heterocycles. The highest BCUT2D eigenvalue weighted by atomic mass is 35.5. The third kappa shape index (κ3) is 5.42. The van der Waals surface area contributed by atoms with E-state index in [2.05, 4.69) is 20.3 Å². The lowest BCUT2D eigenvalue weighted by molar-refractivity contribution is 0.127. The molecule has 11 heteroatoms. The number of hydrogen-bond donors (Lipinski definition) is 1. The summed E-state index contributed by atoms with van der Waals surface area (Å²) >= 11 is 13.2. The normalized spacial score (nSPS) is 11.2. The highest BCUT2D eigenvalue weighted by molar-refractivity contribution is 6.41. The van der Waals surface area contributed by atoms with E-state index in [1.807, 2.05) is 19.0 Å². The summed E-state index contributed by atoms with van der Waals surface area (Å²) in [5.41, 5.74) is 7.25. The van der Waals surface area contributed by atoms with E-state index in [-0.39, 0.29) is 5.95 Å². The van der Waals surface area contributed by atoms with Crippen molar-refractivity contribution in [2.75, 3.05) is 60.4 Å². The summed E-state index contributed by atoms with van der Waals surface area (Å²) < 4.78 is 16.4. The second-order valence-corrected chi connectivity index (χ2v) is 7.83. The molecular formula is C21H25Cl2N6O3-. The van der Waals surface area contributed by atoms with Crippen LogP contribution in [0.5, 0.6) is 11.5 Å². The van der Waals surface area contributed by atoms with Crippen LogP contribution in [0.15, 0.2) is 18.3 Å². The minimum atomic E-state index is 0.129. The van der Waals surface area contributed by atoms with Crippen LogP contribution >= 0.6 is 23.2 Å². The maximum atomic E-state index is 6.58. The van der Waals surface area contributed by atoms with Gasteiger partial charge in [0, 0.05) is 36.4 Å². The second kappa shape index (κ2) is 10.8. The van der Waals surface area contributed by atoms with Gasteiger partial charge in [0.2, 0.25) is 5.95 Å². The lowest BCUT2D eigenvalue weighted by Gasteiger charge is -2.22. The first-order chi connectivity index (χ1) is 15.3. The molecule has 0 aliphatic carbocycles. The molecule has 3 rings (SSSR count). The molecule has 2 heterocycles. The molecule has 0 radical (unpaired) electrons. The number of aromatic nitrogens is 3. The van der Waals surface area contributed by atoms with E-state index in [1.54, 1.807) is 18.3 Å². The first-order valence-electron chi connectivity index (χ1n) is 9.79. The summed E-state index contributed by atoms with van der Waals surface area (Å²) in [6.45, 7) is 2.28. The average molecular weight is 480 g/mol. The number of ether oxygens (including phenoxy) is 3. The number of nitrogens with zero attached hydrogens (tertiary/aromatic N) is 5. The zero-order valence-corrected chi connectivity index (χ0v) is 19.9. The monoisotopic (exact) mass is 479 g/mol. The molecule has 3 aromatic rings. The summed E-state index contributed by atoms with van der Waals surface area (Å²) in [6, 6.07) is 3.39. The van der Waals surface area contributed by atoms with Gasteiger partial charge in [-0.2, -0.15) is 0 Å². The summed E-state index contributed by atoms with van der Waals surface area (Å²) in [7, 11) is 7.01. The molecule has 0 fully saturated rings. The lowest BCUT2D eigenvalue weighted by Crippen LogP contribution is -2.18. The van der Waals surface area contributed by atoms with Crippen LogP contribution in [-0.4, -0.2) is 74.5 Å². The number of anilines is 1.